The highest BCUT2D eigenvalue weighted by molar-refractivity contribution is 7.27. The third kappa shape index (κ3) is 7.28. The Morgan fingerprint density at radius 3 is 2.08 bits per heavy atom. The van der Waals surface area contributed by atoms with Crippen LogP contribution in [0.25, 0.3) is 42.8 Å². The molecule has 7 aromatic rings. The molecule has 1 fully saturated rings. The van der Waals surface area contributed by atoms with Crippen LogP contribution in [0.4, 0.5) is 9.59 Å². The molecule has 1 saturated heterocycles. The van der Waals surface area contributed by atoms with Gasteiger partial charge in [-0.1, -0.05) is 78.9 Å². The van der Waals surface area contributed by atoms with Crippen LogP contribution in [-0.4, -0.2) is 81.0 Å². The summed E-state index contributed by atoms with van der Waals surface area (Å²) >= 11 is 3.32. The Labute approximate surface area is 352 Å². The number of imidazole rings is 2. The molecule has 16 heteroatoms. The van der Waals surface area contributed by atoms with E-state index < -0.39 is 30.3 Å². The maximum absolute atomic E-state index is 14.0. The van der Waals surface area contributed by atoms with Crippen molar-refractivity contribution in [2.24, 2.45) is 0 Å². The highest BCUT2D eigenvalue weighted by Gasteiger charge is 2.38. The van der Waals surface area contributed by atoms with Crippen molar-refractivity contribution < 1.29 is 28.7 Å². The molecule has 3 aromatic carbocycles. The number of amides is 4. The smallest absolute Gasteiger partial charge is 0.407 e. The van der Waals surface area contributed by atoms with E-state index in [1.807, 2.05) is 72.9 Å². The molecule has 304 valence electrons. The molecule has 4 aromatic heterocycles. The van der Waals surface area contributed by atoms with Crippen molar-refractivity contribution in [3.05, 3.63) is 131 Å². The first-order valence-corrected chi connectivity index (χ1v) is 21.2. The summed E-state index contributed by atoms with van der Waals surface area (Å²) in [6.07, 6.45) is 5.88. The topological polar surface area (TPSA) is 175 Å². The van der Waals surface area contributed by atoms with Gasteiger partial charge in [-0.25, -0.2) is 19.6 Å². The second kappa shape index (κ2) is 16.5. The van der Waals surface area contributed by atoms with Gasteiger partial charge in [-0.2, -0.15) is 0 Å². The molecule has 2 aliphatic rings. The predicted octanol–water partition coefficient (Wildman–Crippen LogP) is 8.19. The zero-order valence-electron chi connectivity index (χ0n) is 32.6. The Kier molecular flexibility index (Phi) is 10.6. The summed E-state index contributed by atoms with van der Waals surface area (Å²) in [5.74, 6) is 0.824. The van der Waals surface area contributed by atoms with E-state index in [-0.39, 0.29) is 17.9 Å². The van der Waals surface area contributed by atoms with Crippen LogP contribution in [0.5, 0.6) is 0 Å². The van der Waals surface area contributed by atoms with Crippen molar-refractivity contribution in [3.8, 4) is 22.4 Å². The number of benzene rings is 3. The van der Waals surface area contributed by atoms with Crippen LogP contribution in [-0.2, 0) is 19.1 Å². The molecule has 0 saturated carbocycles. The van der Waals surface area contributed by atoms with E-state index in [0.29, 0.717) is 35.9 Å². The molecule has 4 atom stereocenters. The van der Waals surface area contributed by atoms with Crippen LogP contribution in [0.1, 0.15) is 59.8 Å². The van der Waals surface area contributed by atoms with Crippen molar-refractivity contribution in [3.63, 3.8) is 0 Å². The van der Waals surface area contributed by atoms with Crippen LogP contribution in [0.15, 0.2) is 108 Å². The summed E-state index contributed by atoms with van der Waals surface area (Å²) in [6.45, 7) is 0.908. The number of nitrogens with one attached hydrogen (secondary N) is 4. The van der Waals surface area contributed by atoms with Gasteiger partial charge in [0.05, 0.1) is 52.6 Å². The van der Waals surface area contributed by atoms with Crippen LogP contribution in [0.3, 0.4) is 0 Å². The van der Waals surface area contributed by atoms with Gasteiger partial charge in [-0.05, 0) is 41.7 Å². The third-order valence-corrected chi connectivity index (χ3v) is 13.2. The van der Waals surface area contributed by atoms with Gasteiger partial charge in [0.15, 0.2) is 0 Å². The molecule has 9 rings (SSSR count). The predicted molar refractivity (Wildman–Crippen MR) is 229 cm³/mol. The maximum atomic E-state index is 14.0. The normalized spacial score (nSPS) is 17.2. The molecule has 60 heavy (non-hydrogen) atoms. The van der Waals surface area contributed by atoms with E-state index >= 15 is 0 Å². The number of likely N-dealkylation sites (tertiary alicyclic amines) is 1. The molecule has 0 radical (unpaired) electrons. The first kappa shape index (κ1) is 38.7. The molecular weight excluding hydrogens is 801 g/mol. The van der Waals surface area contributed by atoms with Gasteiger partial charge in [0, 0.05) is 35.0 Å². The Morgan fingerprint density at radius 1 is 0.783 bits per heavy atom. The van der Waals surface area contributed by atoms with E-state index in [2.05, 4.69) is 43.5 Å². The number of ether oxygens (including phenoxy) is 2. The number of methoxy groups -OCH3 is 2. The summed E-state index contributed by atoms with van der Waals surface area (Å²) < 4.78 is 12.0. The van der Waals surface area contributed by atoms with Crippen molar-refractivity contribution >= 4 is 67.1 Å². The lowest BCUT2D eigenvalue weighted by atomic mass is 10.1. The Balaban J connectivity index is 0.945. The summed E-state index contributed by atoms with van der Waals surface area (Å²) in [5, 5.41) is 9.72. The third-order valence-electron chi connectivity index (χ3n) is 11.0. The number of carbonyl (C=O) groups excluding carboxylic acids is 4. The first-order chi connectivity index (χ1) is 29.3. The number of carbonyl (C=O) groups is 4. The molecule has 0 bridgehead atoms. The van der Waals surface area contributed by atoms with Gasteiger partial charge >= 0.3 is 12.2 Å². The fourth-order valence-electron chi connectivity index (χ4n) is 8.04. The van der Waals surface area contributed by atoms with Crippen molar-refractivity contribution in [1.82, 2.24) is 40.4 Å². The molecule has 2 unspecified atom stereocenters. The minimum atomic E-state index is -0.932. The molecular formula is C44H40N8O6S2. The van der Waals surface area contributed by atoms with E-state index in [9.17, 15) is 19.2 Å². The fourth-order valence-corrected chi connectivity index (χ4v) is 10.5. The Hall–Kier alpha value is -6.78. The Bertz CT molecular complexity index is 2740. The molecule has 0 aliphatic carbocycles. The number of alkyl carbamates (subject to hydrolysis) is 2. The van der Waals surface area contributed by atoms with E-state index in [0.717, 1.165) is 55.7 Å². The largest absolute Gasteiger partial charge is 0.453 e. The van der Waals surface area contributed by atoms with Crippen LogP contribution >= 0.6 is 22.7 Å². The molecule has 0 spiro atoms. The van der Waals surface area contributed by atoms with Gasteiger partial charge in [-0.15, -0.1) is 22.7 Å². The number of aromatic amines is 2. The average Bonchev–Trinajstić information content (AvgIpc) is 4.14. The number of rotatable bonds is 10. The summed E-state index contributed by atoms with van der Waals surface area (Å²) in [4.78, 5) is 72.7. The fraction of sp³-hybridized carbons (Fsp3) is 0.227. The van der Waals surface area contributed by atoms with Crippen LogP contribution in [0, 0.1) is 0 Å². The number of hydrogen-bond donors (Lipinski definition) is 4. The van der Waals surface area contributed by atoms with Gasteiger partial charge in [0.25, 0.3) is 11.8 Å². The number of aromatic nitrogens is 4. The molecule has 4 amide bonds. The van der Waals surface area contributed by atoms with Gasteiger partial charge in [0.1, 0.15) is 29.8 Å². The average molecular weight is 841 g/mol. The lowest BCUT2D eigenvalue weighted by Crippen LogP contribution is -2.43. The second-order valence-electron chi connectivity index (χ2n) is 14.5. The highest BCUT2D eigenvalue weighted by atomic mass is 32.1. The highest BCUT2D eigenvalue weighted by Crippen LogP contribution is 2.45. The summed E-state index contributed by atoms with van der Waals surface area (Å²) in [6, 6.07) is 21.8. The van der Waals surface area contributed by atoms with Gasteiger partial charge in [0.2, 0.25) is 0 Å². The van der Waals surface area contributed by atoms with Crippen molar-refractivity contribution in [2.75, 3.05) is 27.3 Å². The van der Waals surface area contributed by atoms with Crippen molar-refractivity contribution in [1.29, 1.82) is 0 Å². The van der Waals surface area contributed by atoms with Crippen LogP contribution < -0.4 is 10.6 Å². The first-order valence-electron chi connectivity index (χ1n) is 19.4. The number of thiophene rings is 2. The van der Waals surface area contributed by atoms with Gasteiger partial charge in [-0.3, -0.25) is 9.59 Å². The van der Waals surface area contributed by atoms with Crippen LogP contribution in [0.2, 0.25) is 0 Å². The van der Waals surface area contributed by atoms with E-state index in [4.69, 9.17) is 19.4 Å². The SMILES string of the molecule is COC(=O)N[C@@H](C(=O)N1CC=CC1c1nc2ccc(-c3csc4c(-c5cnc(C6CCCN6C(=O)[C@H](NC(=O)OC)c6ccccc6)[nH]5)csc34)cc2[nH]1)c1ccccc1. The minimum Gasteiger partial charge on any atom is -0.453 e. The quantitative estimate of drug-likeness (QED) is 0.0998. The second-order valence-corrected chi connectivity index (χ2v) is 16.3. The Morgan fingerprint density at radius 2 is 1.42 bits per heavy atom. The zero-order chi connectivity index (χ0) is 41.3. The van der Waals surface area contributed by atoms with E-state index in [1.165, 1.54) is 14.2 Å². The monoisotopic (exact) mass is 840 g/mol. The van der Waals surface area contributed by atoms with Crippen molar-refractivity contribution in [2.45, 2.75) is 37.0 Å². The minimum absolute atomic E-state index is 0.218. The number of fused-ring (bicyclic) bond motifs is 2. The van der Waals surface area contributed by atoms with E-state index in [1.54, 1.807) is 44.6 Å². The summed E-state index contributed by atoms with van der Waals surface area (Å²) in [5.41, 5.74) is 6.95. The molecule has 6 heterocycles. The maximum Gasteiger partial charge on any atom is 0.407 e. The lowest BCUT2D eigenvalue weighted by molar-refractivity contribution is -0.135. The molecule has 4 N–H and O–H groups in total. The number of H-pyrrole nitrogens is 2. The van der Waals surface area contributed by atoms with Gasteiger partial charge < -0.3 is 39.9 Å². The number of hydrogen-bond acceptors (Lipinski definition) is 10. The summed E-state index contributed by atoms with van der Waals surface area (Å²) in [7, 11) is 2.55. The lowest BCUT2D eigenvalue weighted by Gasteiger charge is -2.28. The number of nitrogens with zero attached hydrogens (tertiary/aromatic N) is 4. The zero-order valence-corrected chi connectivity index (χ0v) is 34.2. The standard InChI is InChI=1S/C44H40N8O6S2/c1-57-43(55)49-35(25-11-5-3-6-12-25)41(53)51-19-9-15-33(51)39-45-22-32(48-39)29-24-60-37-28(23-59-38(29)37)27-17-18-30-31(21-27)47-40(46-30)34-16-10-20-52(34)42(54)36(50-44(56)58-2)26-13-7-4-8-14-26/h3-8,10-14,16-18,21-24,33-36H,9,15,19-20H2,1-2H3,(H,45,48)(H,46,47)(H,49,55)(H,50,56)/t33?,34?,35-,36-/m1/s1. The molecule has 14 nitrogen and oxygen atoms in total. The molecule has 2 aliphatic heterocycles.